The molecule has 0 aliphatic carbocycles. The molecule has 0 bridgehead atoms. The van der Waals surface area contributed by atoms with Crippen molar-refractivity contribution in [2.45, 2.75) is 19.9 Å². The molecule has 0 fully saturated rings. The Bertz CT molecular complexity index is 466. The van der Waals surface area contributed by atoms with Gasteiger partial charge in [0.1, 0.15) is 0 Å². The lowest BCUT2D eigenvalue weighted by atomic mass is 10.1. The number of nitrogen functional groups attached to an aromatic ring is 1. The van der Waals surface area contributed by atoms with Crippen LogP contribution in [-0.4, -0.2) is 11.5 Å². The minimum absolute atomic E-state index is 0.858. The third kappa shape index (κ3) is 3.54. The highest BCUT2D eigenvalue weighted by molar-refractivity contribution is 7.09. The third-order valence-electron chi connectivity index (χ3n) is 2.66. The van der Waals surface area contributed by atoms with Gasteiger partial charge in [-0.25, -0.2) is 4.98 Å². The molecule has 0 unspecified atom stereocenters. The zero-order valence-corrected chi connectivity index (χ0v) is 10.8. The molecule has 0 amide bonds. The van der Waals surface area contributed by atoms with Crippen molar-refractivity contribution >= 4 is 17.0 Å². The van der Waals surface area contributed by atoms with Gasteiger partial charge in [-0.1, -0.05) is 12.1 Å². The van der Waals surface area contributed by atoms with Crippen molar-refractivity contribution in [3.8, 4) is 0 Å². The molecule has 90 valence electrons. The summed E-state index contributed by atoms with van der Waals surface area (Å²) in [4.78, 5) is 4.25. The molecule has 17 heavy (non-hydrogen) atoms. The maximum atomic E-state index is 5.78. The molecule has 0 saturated heterocycles. The Kier molecular flexibility index (Phi) is 4.12. The average Bonchev–Trinajstić information content (AvgIpc) is 2.82. The van der Waals surface area contributed by atoms with Gasteiger partial charge in [-0.3, -0.25) is 0 Å². The lowest BCUT2D eigenvalue weighted by molar-refractivity contribution is 0.685. The minimum Gasteiger partial charge on any atom is -0.399 e. The first-order valence-corrected chi connectivity index (χ1v) is 6.58. The number of hydrogen-bond donors (Lipinski definition) is 2. The number of nitrogens with two attached hydrogens (primary N) is 1. The van der Waals surface area contributed by atoms with Crippen LogP contribution >= 0.6 is 11.3 Å². The van der Waals surface area contributed by atoms with Crippen molar-refractivity contribution in [2.24, 2.45) is 0 Å². The van der Waals surface area contributed by atoms with Crippen LogP contribution in [0.3, 0.4) is 0 Å². The normalized spacial score (nSPS) is 10.6. The molecule has 2 aromatic rings. The molecule has 4 heteroatoms. The van der Waals surface area contributed by atoms with Crippen LogP contribution < -0.4 is 11.1 Å². The molecule has 2 rings (SSSR count). The molecule has 0 atom stereocenters. The summed E-state index contributed by atoms with van der Waals surface area (Å²) in [5.41, 5.74) is 9.06. The van der Waals surface area contributed by atoms with Crippen molar-refractivity contribution in [2.75, 3.05) is 12.3 Å². The maximum absolute atomic E-state index is 5.78. The summed E-state index contributed by atoms with van der Waals surface area (Å²) in [6.45, 7) is 3.87. The molecular formula is C13H17N3S. The Morgan fingerprint density at radius 1 is 1.41 bits per heavy atom. The van der Waals surface area contributed by atoms with Gasteiger partial charge in [-0.2, -0.15) is 0 Å². The Morgan fingerprint density at radius 2 is 2.29 bits per heavy atom. The van der Waals surface area contributed by atoms with E-state index in [4.69, 9.17) is 5.73 Å². The number of aromatic nitrogens is 1. The van der Waals surface area contributed by atoms with Crippen LogP contribution in [0.4, 0.5) is 5.69 Å². The van der Waals surface area contributed by atoms with Crippen molar-refractivity contribution in [3.63, 3.8) is 0 Å². The highest BCUT2D eigenvalue weighted by Gasteiger charge is 1.98. The first-order chi connectivity index (χ1) is 8.25. The second-order valence-corrected chi connectivity index (χ2v) is 5.02. The molecule has 1 aromatic heterocycles. The van der Waals surface area contributed by atoms with Gasteiger partial charge in [0.15, 0.2) is 0 Å². The van der Waals surface area contributed by atoms with E-state index >= 15 is 0 Å². The van der Waals surface area contributed by atoms with Gasteiger partial charge in [-0.05, 0) is 24.1 Å². The second kappa shape index (κ2) is 5.80. The van der Waals surface area contributed by atoms with E-state index in [2.05, 4.69) is 22.4 Å². The van der Waals surface area contributed by atoms with Gasteiger partial charge in [-0.15, -0.1) is 11.3 Å². The first-order valence-electron chi connectivity index (χ1n) is 5.70. The number of nitrogens with one attached hydrogen (secondary N) is 1. The number of rotatable bonds is 5. The second-order valence-electron chi connectivity index (χ2n) is 4.04. The fraction of sp³-hybridized carbons (Fsp3) is 0.308. The van der Waals surface area contributed by atoms with Crippen molar-refractivity contribution in [1.29, 1.82) is 0 Å². The number of thiazole rings is 1. The van der Waals surface area contributed by atoms with E-state index < -0.39 is 0 Å². The molecule has 0 radical (unpaired) electrons. The lowest BCUT2D eigenvalue weighted by Crippen LogP contribution is -2.16. The van der Waals surface area contributed by atoms with Crippen LogP contribution in [0.15, 0.2) is 29.8 Å². The van der Waals surface area contributed by atoms with Crippen LogP contribution in [0.2, 0.25) is 0 Å². The van der Waals surface area contributed by atoms with Gasteiger partial charge in [0.25, 0.3) is 0 Å². The lowest BCUT2D eigenvalue weighted by Gasteiger charge is -2.06. The van der Waals surface area contributed by atoms with E-state index in [0.717, 1.165) is 30.8 Å². The van der Waals surface area contributed by atoms with Gasteiger partial charge in [0.05, 0.1) is 5.01 Å². The first kappa shape index (κ1) is 12.1. The number of hydrogen-bond acceptors (Lipinski definition) is 4. The van der Waals surface area contributed by atoms with Crippen LogP contribution in [0, 0.1) is 6.92 Å². The van der Waals surface area contributed by atoms with Gasteiger partial charge in [0, 0.05) is 36.8 Å². The van der Waals surface area contributed by atoms with Crippen LogP contribution in [0.1, 0.15) is 16.1 Å². The number of anilines is 1. The molecule has 3 nitrogen and oxygen atoms in total. The smallest absolute Gasteiger partial charge is 0.0937 e. The van der Waals surface area contributed by atoms with E-state index in [9.17, 15) is 0 Å². The monoisotopic (exact) mass is 247 g/mol. The Hall–Kier alpha value is -1.39. The fourth-order valence-corrected chi connectivity index (χ4v) is 2.27. The summed E-state index contributed by atoms with van der Waals surface area (Å²) >= 11 is 1.71. The predicted molar refractivity (Wildman–Crippen MR) is 73.1 cm³/mol. The number of aryl methyl sites for hydroxylation is 1. The van der Waals surface area contributed by atoms with E-state index in [1.807, 2.05) is 24.6 Å². The molecule has 0 aliphatic heterocycles. The summed E-state index contributed by atoms with van der Waals surface area (Å²) in [6.07, 6.45) is 2.84. The maximum Gasteiger partial charge on any atom is 0.0937 e. The molecular weight excluding hydrogens is 230 g/mol. The van der Waals surface area contributed by atoms with Gasteiger partial charge in [0.2, 0.25) is 0 Å². The Morgan fingerprint density at radius 3 is 3.00 bits per heavy atom. The largest absolute Gasteiger partial charge is 0.399 e. The standard InChI is InChI=1S/C13H17N3S/c1-10-8-11(2-3-12(10)14)9-15-5-4-13-16-6-7-17-13/h2-3,6-8,15H,4-5,9,14H2,1H3. The number of benzene rings is 1. The highest BCUT2D eigenvalue weighted by Crippen LogP contribution is 2.12. The summed E-state index contributed by atoms with van der Waals surface area (Å²) < 4.78 is 0. The average molecular weight is 247 g/mol. The Balaban J connectivity index is 1.76. The van der Waals surface area contributed by atoms with Crippen LogP contribution in [-0.2, 0) is 13.0 Å². The molecule has 1 heterocycles. The summed E-state index contributed by atoms with van der Waals surface area (Å²) in [6, 6.07) is 6.16. The van der Waals surface area contributed by atoms with E-state index in [1.54, 1.807) is 11.3 Å². The molecule has 1 aromatic carbocycles. The van der Waals surface area contributed by atoms with E-state index in [0.29, 0.717) is 0 Å². The van der Waals surface area contributed by atoms with Crippen LogP contribution in [0.5, 0.6) is 0 Å². The van der Waals surface area contributed by atoms with E-state index in [1.165, 1.54) is 10.6 Å². The molecule has 0 aliphatic rings. The zero-order valence-electron chi connectivity index (χ0n) is 9.94. The van der Waals surface area contributed by atoms with Gasteiger partial charge >= 0.3 is 0 Å². The minimum atomic E-state index is 0.858. The molecule has 3 N–H and O–H groups in total. The van der Waals surface area contributed by atoms with E-state index in [-0.39, 0.29) is 0 Å². The molecule has 0 spiro atoms. The van der Waals surface area contributed by atoms with Gasteiger partial charge < -0.3 is 11.1 Å². The topological polar surface area (TPSA) is 50.9 Å². The predicted octanol–water partition coefficient (Wildman–Crippen LogP) is 2.37. The number of nitrogens with zero attached hydrogens (tertiary/aromatic N) is 1. The third-order valence-corrected chi connectivity index (χ3v) is 3.50. The summed E-state index contributed by atoms with van der Waals surface area (Å²) in [5, 5.41) is 6.61. The van der Waals surface area contributed by atoms with Crippen molar-refractivity contribution < 1.29 is 0 Å². The SMILES string of the molecule is Cc1cc(CNCCc2nccs2)ccc1N. The van der Waals surface area contributed by atoms with Crippen molar-refractivity contribution in [3.05, 3.63) is 45.9 Å². The zero-order chi connectivity index (χ0) is 12.1. The fourth-order valence-electron chi connectivity index (χ4n) is 1.65. The Labute approximate surface area is 106 Å². The molecule has 0 saturated carbocycles. The summed E-state index contributed by atoms with van der Waals surface area (Å²) in [5.74, 6) is 0. The van der Waals surface area contributed by atoms with Crippen LogP contribution in [0.25, 0.3) is 0 Å². The summed E-state index contributed by atoms with van der Waals surface area (Å²) in [7, 11) is 0. The highest BCUT2D eigenvalue weighted by atomic mass is 32.1. The quantitative estimate of drug-likeness (QED) is 0.630. The van der Waals surface area contributed by atoms with Crippen molar-refractivity contribution in [1.82, 2.24) is 10.3 Å².